The van der Waals surface area contributed by atoms with Gasteiger partial charge in [0.15, 0.2) is 0 Å². The monoisotopic (exact) mass is 680 g/mol. The van der Waals surface area contributed by atoms with Gasteiger partial charge in [-0.3, -0.25) is 9.59 Å². The number of benzene rings is 6. The van der Waals surface area contributed by atoms with Gasteiger partial charge in [0.2, 0.25) is 0 Å². The highest BCUT2D eigenvalue weighted by Gasteiger charge is 2.27. The molecule has 2 aromatic heterocycles. The summed E-state index contributed by atoms with van der Waals surface area (Å²) in [5.74, 6) is 0.228. The number of carbonyl (C=O) groups excluding carboxylic acids is 2. The van der Waals surface area contributed by atoms with Crippen LogP contribution >= 0.6 is 0 Å². The van der Waals surface area contributed by atoms with Crippen LogP contribution in [0.5, 0.6) is 11.5 Å². The molecule has 2 heterocycles. The lowest BCUT2D eigenvalue weighted by molar-refractivity contribution is 0.0807. The lowest BCUT2D eigenvalue weighted by atomic mass is 10.1. The van der Waals surface area contributed by atoms with Crippen LogP contribution < -0.4 is 9.47 Å². The molecule has 0 radical (unpaired) electrons. The molecule has 8 rings (SSSR count). The average Bonchev–Trinajstić information content (AvgIpc) is 3.74. The number of hydrogen-bond acceptors (Lipinski definition) is 4. The molecule has 8 aromatic rings. The summed E-state index contributed by atoms with van der Waals surface area (Å²) in [6, 6.07) is 55.1. The van der Waals surface area contributed by atoms with Gasteiger partial charge >= 0.3 is 0 Å². The summed E-state index contributed by atoms with van der Waals surface area (Å²) in [6.07, 6.45) is 0. The fourth-order valence-corrected chi connectivity index (χ4v) is 6.64. The number of carbonyl (C=O) groups is 2. The molecule has 254 valence electrons. The molecule has 0 saturated carbocycles. The second-order valence-electron chi connectivity index (χ2n) is 12.9. The van der Waals surface area contributed by atoms with Gasteiger partial charge in [0, 0.05) is 34.9 Å². The van der Waals surface area contributed by atoms with Crippen molar-refractivity contribution in [3.63, 3.8) is 0 Å². The van der Waals surface area contributed by atoms with Crippen LogP contribution in [0.4, 0.5) is 0 Å². The summed E-state index contributed by atoms with van der Waals surface area (Å²) in [4.78, 5) is 29.0. The Morgan fingerprint density at radius 1 is 0.404 bits per heavy atom. The smallest absolute Gasteiger partial charge is 0.251 e. The maximum absolute atomic E-state index is 14.5. The first kappa shape index (κ1) is 32.5. The van der Waals surface area contributed by atoms with Crippen LogP contribution in [0.1, 0.15) is 43.2 Å². The van der Waals surface area contributed by atoms with Gasteiger partial charge in [-0.2, -0.15) is 0 Å². The van der Waals surface area contributed by atoms with E-state index in [1.54, 1.807) is 0 Å². The van der Waals surface area contributed by atoms with Crippen LogP contribution in [0.25, 0.3) is 21.8 Å². The number of aromatic nitrogens is 2. The third-order valence-electron chi connectivity index (χ3n) is 9.28. The van der Waals surface area contributed by atoms with Crippen molar-refractivity contribution in [2.75, 3.05) is 0 Å². The first-order valence-corrected chi connectivity index (χ1v) is 17.4. The number of rotatable bonds is 13. The Labute approximate surface area is 302 Å². The lowest BCUT2D eigenvalue weighted by Gasteiger charge is -2.13. The zero-order valence-corrected chi connectivity index (χ0v) is 28.5. The maximum Gasteiger partial charge on any atom is 0.251 e. The topological polar surface area (TPSA) is 62.5 Å². The summed E-state index contributed by atoms with van der Waals surface area (Å²) in [5.41, 5.74) is 6.51. The molecule has 6 nitrogen and oxygen atoms in total. The van der Waals surface area contributed by atoms with Crippen LogP contribution in [-0.4, -0.2) is 20.7 Å². The minimum Gasteiger partial charge on any atom is -0.489 e. The Morgan fingerprint density at radius 3 is 1.12 bits per heavy atom. The van der Waals surface area contributed by atoms with E-state index in [9.17, 15) is 9.59 Å². The quantitative estimate of drug-likeness (QED) is 0.0899. The molecule has 6 heteroatoms. The Morgan fingerprint density at radius 2 is 0.750 bits per heavy atom. The normalized spacial score (nSPS) is 11.2. The highest BCUT2D eigenvalue weighted by Crippen LogP contribution is 2.30. The average molecular weight is 681 g/mol. The Hall–Kier alpha value is -6.66. The second-order valence-corrected chi connectivity index (χ2v) is 12.9. The van der Waals surface area contributed by atoms with E-state index in [0.717, 1.165) is 44.1 Å². The molecule has 0 bridgehead atoms. The highest BCUT2D eigenvalue weighted by molar-refractivity contribution is 6.49. The number of hydrogen-bond donors (Lipinski definition) is 0. The first-order chi connectivity index (χ1) is 25.6. The minimum absolute atomic E-state index is 0.326. The molecule has 0 aliphatic carbocycles. The molecule has 0 atom stereocenters. The zero-order valence-electron chi connectivity index (χ0n) is 28.5. The Kier molecular flexibility index (Phi) is 9.18. The van der Waals surface area contributed by atoms with Gasteiger partial charge in [0.05, 0.1) is 11.4 Å². The summed E-state index contributed by atoms with van der Waals surface area (Å²) in [7, 11) is 0. The molecule has 0 amide bonds. The van der Waals surface area contributed by atoms with Gasteiger partial charge in [-0.25, -0.2) is 0 Å². The molecule has 0 spiro atoms. The summed E-state index contributed by atoms with van der Waals surface area (Å²) in [6.45, 7) is 1.70. The third kappa shape index (κ3) is 7.00. The molecular formula is C46H36N2O4. The number of ketones is 2. The highest BCUT2D eigenvalue weighted by atomic mass is 16.5. The molecule has 52 heavy (non-hydrogen) atoms. The molecule has 0 fully saturated rings. The molecule has 0 N–H and O–H groups in total. The standard InChI is InChI=1S/C46H36N2O4/c49-45(43-27-37-25-39(51-31-35-17-9-3-10-18-35)21-23-41(37)47(43)29-33-13-5-1-6-14-33)46(50)44-28-38-26-40(52-32-36-19-11-4-12-20-36)22-24-42(38)48(44)30-34-15-7-2-8-16-34/h1-28H,29-32H2. The van der Waals surface area contributed by atoms with E-state index in [1.807, 2.05) is 179 Å². The molecular weight excluding hydrogens is 645 g/mol. The van der Waals surface area contributed by atoms with E-state index in [0.29, 0.717) is 49.2 Å². The van der Waals surface area contributed by atoms with Gasteiger partial charge in [0.1, 0.15) is 24.7 Å². The largest absolute Gasteiger partial charge is 0.489 e. The van der Waals surface area contributed by atoms with Crippen LogP contribution in [0.15, 0.2) is 170 Å². The summed E-state index contributed by atoms with van der Waals surface area (Å²) >= 11 is 0. The van der Waals surface area contributed by atoms with Crippen LogP contribution in [-0.2, 0) is 26.3 Å². The fraction of sp³-hybridized carbons (Fsp3) is 0.0870. The zero-order chi connectivity index (χ0) is 35.3. The minimum atomic E-state index is -0.573. The van der Waals surface area contributed by atoms with Gasteiger partial charge in [-0.05, 0) is 70.8 Å². The van der Waals surface area contributed by atoms with Crippen LogP contribution in [0, 0.1) is 0 Å². The fourth-order valence-electron chi connectivity index (χ4n) is 6.64. The van der Waals surface area contributed by atoms with Crippen molar-refractivity contribution in [2.45, 2.75) is 26.3 Å². The van der Waals surface area contributed by atoms with Crippen molar-refractivity contribution in [2.24, 2.45) is 0 Å². The Bertz CT molecular complexity index is 2310. The van der Waals surface area contributed by atoms with E-state index in [-0.39, 0.29) is 0 Å². The lowest BCUT2D eigenvalue weighted by Crippen LogP contribution is -2.22. The molecule has 0 aliphatic heterocycles. The maximum atomic E-state index is 14.5. The van der Waals surface area contributed by atoms with E-state index < -0.39 is 11.6 Å². The van der Waals surface area contributed by atoms with Gasteiger partial charge < -0.3 is 18.6 Å². The molecule has 0 unspecified atom stereocenters. The Balaban J connectivity index is 1.16. The van der Waals surface area contributed by atoms with Gasteiger partial charge in [-0.15, -0.1) is 0 Å². The van der Waals surface area contributed by atoms with Crippen molar-refractivity contribution in [3.8, 4) is 11.5 Å². The van der Waals surface area contributed by atoms with Gasteiger partial charge in [-0.1, -0.05) is 121 Å². The van der Waals surface area contributed by atoms with Crippen molar-refractivity contribution in [3.05, 3.63) is 203 Å². The van der Waals surface area contributed by atoms with Crippen molar-refractivity contribution in [1.82, 2.24) is 9.13 Å². The summed E-state index contributed by atoms with van der Waals surface area (Å²) < 4.78 is 16.1. The number of fused-ring (bicyclic) bond motifs is 2. The van der Waals surface area contributed by atoms with E-state index >= 15 is 0 Å². The number of Topliss-reactive ketones (excluding diaryl/α,β-unsaturated/α-hetero) is 2. The predicted octanol–water partition coefficient (Wildman–Crippen LogP) is 9.92. The van der Waals surface area contributed by atoms with Crippen LogP contribution in [0.3, 0.4) is 0 Å². The number of ether oxygens (including phenoxy) is 2. The predicted molar refractivity (Wildman–Crippen MR) is 205 cm³/mol. The molecule has 0 saturated heterocycles. The van der Waals surface area contributed by atoms with Crippen molar-refractivity contribution >= 4 is 33.4 Å². The summed E-state index contributed by atoms with van der Waals surface area (Å²) in [5, 5.41) is 1.64. The van der Waals surface area contributed by atoms with E-state index in [2.05, 4.69) is 0 Å². The van der Waals surface area contributed by atoms with E-state index in [4.69, 9.17) is 9.47 Å². The van der Waals surface area contributed by atoms with Crippen LogP contribution in [0.2, 0.25) is 0 Å². The molecule has 0 aliphatic rings. The molecule has 6 aromatic carbocycles. The first-order valence-electron chi connectivity index (χ1n) is 17.4. The second kappa shape index (κ2) is 14.7. The third-order valence-corrected chi connectivity index (χ3v) is 9.28. The SMILES string of the molecule is O=C(C(=O)c1cc2cc(OCc3ccccc3)ccc2n1Cc1ccccc1)c1cc2cc(OCc3ccccc3)ccc2n1Cc1ccccc1. The number of nitrogens with zero attached hydrogens (tertiary/aromatic N) is 2. The van der Waals surface area contributed by atoms with Crippen molar-refractivity contribution < 1.29 is 19.1 Å². The van der Waals surface area contributed by atoms with Crippen molar-refractivity contribution in [1.29, 1.82) is 0 Å². The van der Waals surface area contributed by atoms with E-state index in [1.165, 1.54) is 0 Å². The van der Waals surface area contributed by atoms with Gasteiger partial charge in [0.25, 0.3) is 11.6 Å².